The van der Waals surface area contributed by atoms with Gasteiger partial charge in [-0.2, -0.15) is 0 Å². The molecule has 0 spiro atoms. The van der Waals surface area contributed by atoms with E-state index in [0.29, 0.717) is 17.9 Å². The van der Waals surface area contributed by atoms with Crippen LogP contribution >= 0.6 is 11.6 Å². The molecule has 5 heteroatoms. The summed E-state index contributed by atoms with van der Waals surface area (Å²) in [7, 11) is 0. The van der Waals surface area contributed by atoms with Gasteiger partial charge in [-0.3, -0.25) is 9.59 Å². The summed E-state index contributed by atoms with van der Waals surface area (Å²) in [5.41, 5.74) is 1.11. The summed E-state index contributed by atoms with van der Waals surface area (Å²) < 4.78 is 0. The summed E-state index contributed by atoms with van der Waals surface area (Å²) in [6.07, 6.45) is 2.82. The fourth-order valence-corrected chi connectivity index (χ4v) is 3.43. The van der Waals surface area contributed by atoms with Crippen molar-refractivity contribution in [1.82, 2.24) is 5.32 Å². The highest BCUT2D eigenvalue weighted by molar-refractivity contribution is 6.30. The van der Waals surface area contributed by atoms with Crippen molar-refractivity contribution in [1.29, 1.82) is 0 Å². The van der Waals surface area contributed by atoms with Gasteiger partial charge in [0.05, 0.1) is 5.92 Å². The van der Waals surface area contributed by atoms with Crippen molar-refractivity contribution in [2.24, 2.45) is 11.8 Å². The van der Waals surface area contributed by atoms with Gasteiger partial charge in [0.1, 0.15) is 0 Å². The second kappa shape index (κ2) is 5.68. The molecule has 0 heterocycles. The molecular formula is C16H18ClNO3. The number of carboxylic acid groups (broad SMARTS) is 1. The van der Waals surface area contributed by atoms with E-state index in [-0.39, 0.29) is 29.7 Å². The van der Waals surface area contributed by atoms with Crippen molar-refractivity contribution in [3.8, 4) is 0 Å². The zero-order valence-corrected chi connectivity index (χ0v) is 12.3. The number of nitrogens with one attached hydrogen (secondary N) is 1. The van der Waals surface area contributed by atoms with E-state index in [1.54, 1.807) is 0 Å². The topological polar surface area (TPSA) is 66.4 Å². The summed E-state index contributed by atoms with van der Waals surface area (Å²) in [5.74, 6) is -0.753. The maximum atomic E-state index is 12.2. The van der Waals surface area contributed by atoms with Gasteiger partial charge >= 0.3 is 5.97 Å². The van der Waals surface area contributed by atoms with Crippen LogP contribution < -0.4 is 5.32 Å². The minimum Gasteiger partial charge on any atom is -0.481 e. The van der Waals surface area contributed by atoms with E-state index in [0.717, 1.165) is 18.4 Å². The molecule has 0 aromatic heterocycles. The van der Waals surface area contributed by atoms with E-state index in [9.17, 15) is 9.59 Å². The van der Waals surface area contributed by atoms with Crippen molar-refractivity contribution in [3.05, 3.63) is 34.9 Å². The van der Waals surface area contributed by atoms with Gasteiger partial charge in [-0.15, -0.1) is 0 Å². The van der Waals surface area contributed by atoms with Gasteiger partial charge in [0.15, 0.2) is 0 Å². The normalized spacial score (nSPS) is 30.9. The molecule has 1 aromatic carbocycles. The molecule has 0 radical (unpaired) electrons. The first-order valence-electron chi connectivity index (χ1n) is 7.33. The highest BCUT2D eigenvalue weighted by Crippen LogP contribution is 2.48. The third-order valence-electron chi connectivity index (χ3n) is 4.53. The van der Waals surface area contributed by atoms with Crippen LogP contribution in [0.25, 0.3) is 0 Å². The molecule has 3 rings (SSSR count). The second-order valence-corrected chi connectivity index (χ2v) is 6.49. The molecule has 21 heavy (non-hydrogen) atoms. The largest absolute Gasteiger partial charge is 0.481 e. The number of carbonyl (C=O) groups excluding carboxylic acids is 1. The van der Waals surface area contributed by atoms with Crippen molar-refractivity contribution >= 4 is 23.5 Å². The molecule has 2 aliphatic carbocycles. The Kier molecular flexibility index (Phi) is 3.89. The van der Waals surface area contributed by atoms with Crippen LogP contribution in [0.5, 0.6) is 0 Å². The monoisotopic (exact) mass is 307 g/mol. The average Bonchev–Trinajstić information content (AvgIpc) is 3.11. The Bertz CT molecular complexity index is 574. The molecule has 0 bridgehead atoms. The smallest absolute Gasteiger partial charge is 0.306 e. The molecular weight excluding hydrogens is 290 g/mol. The first-order valence-corrected chi connectivity index (χ1v) is 7.71. The van der Waals surface area contributed by atoms with Gasteiger partial charge in [-0.1, -0.05) is 23.7 Å². The first-order chi connectivity index (χ1) is 10.0. The summed E-state index contributed by atoms with van der Waals surface area (Å²) in [4.78, 5) is 23.1. The van der Waals surface area contributed by atoms with Gasteiger partial charge in [-0.25, -0.2) is 0 Å². The lowest BCUT2D eigenvalue weighted by molar-refractivity contribution is -0.141. The number of hydrogen-bond donors (Lipinski definition) is 2. The minimum atomic E-state index is -0.755. The second-order valence-electron chi connectivity index (χ2n) is 6.06. The number of amides is 1. The van der Waals surface area contributed by atoms with Crippen molar-refractivity contribution in [3.63, 3.8) is 0 Å². The quantitative estimate of drug-likeness (QED) is 0.899. The van der Waals surface area contributed by atoms with Crippen LogP contribution in [0.3, 0.4) is 0 Å². The van der Waals surface area contributed by atoms with Gasteiger partial charge in [-0.05, 0) is 49.3 Å². The number of rotatable bonds is 4. The molecule has 0 saturated heterocycles. The predicted octanol–water partition coefficient (Wildman–Crippen LogP) is 2.81. The summed E-state index contributed by atoms with van der Waals surface area (Å²) >= 11 is 5.97. The third kappa shape index (κ3) is 3.21. The van der Waals surface area contributed by atoms with Gasteiger partial charge in [0.25, 0.3) is 0 Å². The Balaban J connectivity index is 1.53. The van der Waals surface area contributed by atoms with Crippen LogP contribution in [0.4, 0.5) is 0 Å². The van der Waals surface area contributed by atoms with Crippen LogP contribution in [-0.4, -0.2) is 23.0 Å². The van der Waals surface area contributed by atoms with Gasteiger partial charge in [0.2, 0.25) is 5.91 Å². The zero-order chi connectivity index (χ0) is 15.0. The molecule has 4 unspecified atom stereocenters. The molecule has 112 valence electrons. The van der Waals surface area contributed by atoms with Gasteiger partial charge < -0.3 is 10.4 Å². The molecule has 1 amide bonds. The van der Waals surface area contributed by atoms with Crippen molar-refractivity contribution in [2.45, 2.75) is 37.6 Å². The molecule has 0 aliphatic heterocycles. The number of carboxylic acids is 1. The Morgan fingerprint density at radius 2 is 2.05 bits per heavy atom. The number of benzene rings is 1. The van der Waals surface area contributed by atoms with E-state index in [4.69, 9.17) is 16.7 Å². The van der Waals surface area contributed by atoms with Crippen molar-refractivity contribution < 1.29 is 14.7 Å². The SMILES string of the molecule is O=C(O)C1CCC(NC(=O)C2CC2c2cccc(Cl)c2)C1. The van der Waals surface area contributed by atoms with Crippen LogP contribution in [0.2, 0.25) is 5.02 Å². The number of carbonyl (C=O) groups is 2. The highest BCUT2D eigenvalue weighted by Gasteiger charge is 2.45. The van der Waals surface area contributed by atoms with E-state index in [1.807, 2.05) is 24.3 Å². The highest BCUT2D eigenvalue weighted by atomic mass is 35.5. The summed E-state index contributed by atoms with van der Waals surface area (Å²) in [6.45, 7) is 0. The Morgan fingerprint density at radius 3 is 2.71 bits per heavy atom. The molecule has 2 N–H and O–H groups in total. The average molecular weight is 308 g/mol. The van der Waals surface area contributed by atoms with E-state index >= 15 is 0 Å². The van der Waals surface area contributed by atoms with Gasteiger partial charge in [0, 0.05) is 17.0 Å². The van der Waals surface area contributed by atoms with Crippen LogP contribution in [0.15, 0.2) is 24.3 Å². The number of halogens is 1. The van der Waals surface area contributed by atoms with E-state index < -0.39 is 5.97 Å². The third-order valence-corrected chi connectivity index (χ3v) is 4.77. The standard InChI is InChI=1S/C16H18ClNO3/c17-11-3-1-2-9(6-11)13-8-14(13)15(19)18-12-5-4-10(7-12)16(20)21/h1-3,6,10,12-14H,4-5,7-8H2,(H,18,19)(H,20,21). The lowest BCUT2D eigenvalue weighted by Gasteiger charge is -2.12. The lowest BCUT2D eigenvalue weighted by Crippen LogP contribution is -2.34. The van der Waals surface area contributed by atoms with Crippen LogP contribution in [-0.2, 0) is 9.59 Å². The maximum Gasteiger partial charge on any atom is 0.306 e. The minimum absolute atomic E-state index is 0.00680. The van der Waals surface area contributed by atoms with Crippen LogP contribution in [0.1, 0.15) is 37.2 Å². The predicted molar refractivity (Wildman–Crippen MR) is 79.2 cm³/mol. The van der Waals surface area contributed by atoms with E-state index in [2.05, 4.69) is 5.32 Å². The molecule has 4 atom stereocenters. The Morgan fingerprint density at radius 1 is 1.24 bits per heavy atom. The number of aliphatic carboxylic acids is 1. The first kappa shape index (κ1) is 14.4. The molecule has 2 saturated carbocycles. The summed E-state index contributed by atoms with van der Waals surface area (Å²) in [6, 6.07) is 7.65. The zero-order valence-electron chi connectivity index (χ0n) is 11.6. The summed E-state index contributed by atoms with van der Waals surface area (Å²) in [5, 5.41) is 12.7. The molecule has 2 aliphatic rings. The Labute approximate surface area is 128 Å². The fraction of sp³-hybridized carbons (Fsp3) is 0.500. The fourth-order valence-electron chi connectivity index (χ4n) is 3.24. The molecule has 2 fully saturated rings. The maximum absolute atomic E-state index is 12.2. The van der Waals surface area contributed by atoms with Crippen molar-refractivity contribution in [2.75, 3.05) is 0 Å². The van der Waals surface area contributed by atoms with Crippen LogP contribution in [0, 0.1) is 11.8 Å². The molecule has 4 nitrogen and oxygen atoms in total. The molecule has 1 aromatic rings. The lowest BCUT2D eigenvalue weighted by atomic mass is 10.1. The number of hydrogen-bond acceptors (Lipinski definition) is 2. The Hall–Kier alpha value is -1.55. The van der Waals surface area contributed by atoms with E-state index in [1.165, 1.54) is 0 Å².